The molecule has 8 nitrogen and oxygen atoms in total. The molecule has 1 saturated heterocycles. The standard InChI is InChI=1S/C19H24N6O2/c1-3-27-13-5-4-6-15-14(9-13)19(23-22-15)16-10-17(21-12-20-16)25-8-7-24(2)18(26)11-25/h4-5,9-10,12,18,26H,3,6-8,11H2,1-2H3,(H,22,23). The number of likely N-dealkylation sites (N-methyl/N-ethyl adjacent to an activating group) is 1. The van der Waals surface area contributed by atoms with Gasteiger partial charge in [0.15, 0.2) is 0 Å². The van der Waals surface area contributed by atoms with E-state index in [0.717, 1.165) is 53.7 Å². The first-order valence-electron chi connectivity index (χ1n) is 9.19. The summed E-state index contributed by atoms with van der Waals surface area (Å²) in [6.45, 7) is 4.69. The maximum absolute atomic E-state index is 10.1. The average Bonchev–Trinajstić information content (AvgIpc) is 2.96. The summed E-state index contributed by atoms with van der Waals surface area (Å²) in [6.07, 6.45) is 7.87. The Bertz CT molecular complexity index is 875. The van der Waals surface area contributed by atoms with E-state index in [2.05, 4.69) is 31.1 Å². The van der Waals surface area contributed by atoms with Crippen molar-refractivity contribution in [2.75, 3.05) is 38.2 Å². The van der Waals surface area contributed by atoms with E-state index in [1.54, 1.807) is 6.33 Å². The van der Waals surface area contributed by atoms with E-state index in [1.165, 1.54) is 0 Å². The van der Waals surface area contributed by atoms with E-state index in [4.69, 9.17) is 4.74 Å². The van der Waals surface area contributed by atoms with Crippen LogP contribution < -0.4 is 4.90 Å². The van der Waals surface area contributed by atoms with Crippen LogP contribution in [0.25, 0.3) is 17.5 Å². The maximum Gasteiger partial charge on any atom is 0.132 e. The normalized spacial score (nSPS) is 20.2. The molecular weight excluding hydrogens is 344 g/mol. The van der Waals surface area contributed by atoms with Crippen molar-refractivity contribution < 1.29 is 9.84 Å². The highest BCUT2D eigenvalue weighted by molar-refractivity contribution is 5.74. The van der Waals surface area contributed by atoms with Gasteiger partial charge in [-0.15, -0.1) is 0 Å². The number of nitrogens with one attached hydrogen (secondary N) is 1. The zero-order valence-corrected chi connectivity index (χ0v) is 15.6. The van der Waals surface area contributed by atoms with Crippen LogP contribution in [0.3, 0.4) is 0 Å². The number of β-amino-alcohol motifs (C(OH)–C–C–N with tert-alkyl or cyclic N) is 1. The van der Waals surface area contributed by atoms with E-state index >= 15 is 0 Å². The van der Waals surface area contributed by atoms with Crippen LogP contribution in [-0.4, -0.2) is 69.7 Å². The van der Waals surface area contributed by atoms with Crippen molar-refractivity contribution >= 4 is 11.9 Å². The lowest BCUT2D eigenvalue weighted by atomic mass is 10.1. The smallest absolute Gasteiger partial charge is 0.132 e. The molecular formula is C19H24N6O2. The minimum Gasteiger partial charge on any atom is -0.494 e. The number of fused-ring (bicyclic) bond motifs is 1. The molecule has 1 aliphatic carbocycles. The molecule has 1 aliphatic heterocycles. The van der Waals surface area contributed by atoms with E-state index in [-0.39, 0.29) is 0 Å². The first kappa shape index (κ1) is 17.7. The highest BCUT2D eigenvalue weighted by Gasteiger charge is 2.24. The van der Waals surface area contributed by atoms with Gasteiger partial charge in [-0.25, -0.2) is 9.97 Å². The number of ether oxygens (including phenoxy) is 1. The van der Waals surface area contributed by atoms with Crippen molar-refractivity contribution in [3.63, 3.8) is 0 Å². The second-order valence-electron chi connectivity index (χ2n) is 6.72. The lowest BCUT2D eigenvalue weighted by molar-refractivity contribution is 0.0151. The Morgan fingerprint density at radius 3 is 3.04 bits per heavy atom. The van der Waals surface area contributed by atoms with E-state index in [9.17, 15) is 5.11 Å². The third-order valence-electron chi connectivity index (χ3n) is 4.92. The lowest BCUT2D eigenvalue weighted by Gasteiger charge is -2.37. The van der Waals surface area contributed by atoms with Gasteiger partial charge in [0, 0.05) is 36.8 Å². The Balaban J connectivity index is 1.66. The fourth-order valence-electron chi connectivity index (χ4n) is 3.35. The molecule has 0 bridgehead atoms. The van der Waals surface area contributed by atoms with E-state index < -0.39 is 6.23 Å². The van der Waals surface area contributed by atoms with Crippen molar-refractivity contribution in [2.24, 2.45) is 0 Å². The third kappa shape index (κ3) is 3.58. The van der Waals surface area contributed by atoms with Crippen LogP contribution in [0.2, 0.25) is 0 Å². The summed E-state index contributed by atoms with van der Waals surface area (Å²) >= 11 is 0. The van der Waals surface area contributed by atoms with Crippen LogP contribution in [0.4, 0.5) is 5.82 Å². The van der Waals surface area contributed by atoms with E-state index in [0.29, 0.717) is 13.2 Å². The van der Waals surface area contributed by atoms with Crippen LogP contribution in [0.1, 0.15) is 18.2 Å². The highest BCUT2D eigenvalue weighted by Crippen LogP contribution is 2.29. The molecule has 142 valence electrons. The Morgan fingerprint density at radius 2 is 2.22 bits per heavy atom. The van der Waals surface area contributed by atoms with Gasteiger partial charge in [0.2, 0.25) is 0 Å². The molecule has 2 aliphatic rings. The van der Waals surface area contributed by atoms with Gasteiger partial charge in [-0.2, -0.15) is 5.10 Å². The molecule has 0 amide bonds. The summed E-state index contributed by atoms with van der Waals surface area (Å²) in [7, 11) is 1.92. The predicted octanol–water partition coefficient (Wildman–Crippen LogP) is 1.43. The van der Waals surface area contributed by atoms with Crippen molar-refractivity contribution in [2.45, 2.75) is 19.6 Å². The maximum atomic E-state index is 10.1. The van der Waals surface area contributed by atoms with Gasteiger partial charge < -0.3 is 14.7 Å². The molecule has 1 fully saturated rings. The van der Waals surface area contributed by atoms with E-state index in [1.807, 2.05) is 37.1 Å². The Hall–Kier alpha value is -2.71. The SMILES string of the molecule is CCOC1=Cc2c(-c3cc(N4CCN(C)C(O)C4)ncn3)n[nH]c2CC=C1. The molecule has 2 N–H and O–H groups in total. The zero-order valence-electron chi connectivity index (χ0n) is 15.6. The zero-order chi connectivity index (χ0) is 18.8. The van der Waals surface area contributed by atoms with Crippen LogP contribution in [0.5, 0.6) is 0 Å². The molecule has 4 rings (SSSR count). The summed E-state index contributed by atoms with van der Waals surface area (Å²) in [5, 5.41) is 17.7. The highest BCUT2D eigenvalue weighted by atomic mass is 16.5. The van der Waals surface area contributed by atoms with Crippen LogP contribution in [-0.2, 0) is 11.2 Å². The molecule has 0 aromatic carbocycles. The van der Waals surface area contributed by atoms with Gasteiger partial charge in [0.1, 0.15) is 29.8 Å². The minimum absolute atomic E-state index is 0.499. The first-order valence-corrected chi connectivity index (χ1v) is 9.19. The molecule has 0 spiro atoms. The number of aliphatic hydroxyl groups is 1. The van der Waals surface area contributed by atoms with Crippen molar-refractivity contribution in [3.8, 4) is 11.4 Å². The number of H-pyrrole nitrogens is 1. The predicted molar refractivity (Wildman–Crippen MR) is 103 cm³/mol. The molecule has 1 atom stereocenters. The molecule has 1 unspecified atom stereocenters. The number of anilines is 1. The number of piperazine rings is 1. The molecule has 27 heavy (non-hydrogen) atoms. The van der Waals surface area contributed by atoms with Gasteiger partial charge in [0.25, 0.3) is 0 Å². The summed E-state index contributed by atoms with van der Waals surface area (Å²) in [4.78, 5) is 12.8. The average molecular weight is 368 g/mol. The number of aromatic amines is 1. The Kier molecular flexibility index (Phi) is 4.91. The molecule has 0 radical (unpaired) electrons. The Labute approximate surface area is 158 Å². The fraction of sp³-hybridized carbons (Fsp3) is 0.421. The van der Waals surface area contributed by atoms with Gasteiger partial charge in [-0.05, 0) is 26.1 Å². The monoisotopic (exact) mass is 368 g/mol. The quantitative estimate of drug-likeness (QED) is 0.844. The number of hydrogen-bond donors (Lipinski definition) is 2. The number of allylic oxidation sites excluding steroid dienone is 2. The summed E-state index contributed by atoms with van der Waals surface area (Å²) < 4.78 is 5.68. The van der Waals surface area contributed by atoms with Crippen LogP contribution in [0, 0.1) is 0 Å². The topological polar surface area (TPSA) is 90.4 Å². The largest absolute Gasteiger partial charge is 0.494 e. The first-order chi connectivity index (χ1) is 13.2. The van der Waals surface area contributed by atoms with Crippen molar-refractivity contribution in [1.29, 1.82) is 0 Å². The van der Waals surface area contributed by atoms with Gasteiger partial charge >= 0.3 is 0 Å². The number of aliphatic hydroxyl groups excluding tert-OH is 1. The molecule has 2 aromatic rings. The molecule has 2 aromatic heterocycles. The van der Waals surface area contributed by atoms with Gasteiger partial charge in [-0.1, -0.05) is 6.08 Å². The van der Waals surface area contributed by atoms with Gasteiger partial charge in [0.05, 0.1) is 18.8 Å². The summed E-state index contributed by atoms with van der Waals surface area (Å²) in [6, 6.07) is 1.93. The number of hydrogen-bond acceptors (Lipinski definition) is 7. The Morgan fingerprint density at radius 1 is 1.33 bits per heavy atom. The molecule has 0 saturated carbocycles. The number of aromatic nitrogens is 4. The lowest BCUT2D eigenvalue weighted by Crippen LogP contribution is -2.51. The molecule has 8 heteroatoms. The summed E-state index contributed by atoms with van der Waals surface area (Å²) in [5.74, 6) is 1.61. The third-order valence-corrected chi connectivity index (χ3v) is 4.92. The van der Waals surface area contributed by atoms with Crippen molar-refractivity contribution in [1.82, 2.24) is 25.1 Å². The second-order valence-corrected chi connectivity index (χ2v) is 6.72. The molecule has 3 heterocycles. The van der Waals surface area contributed by atoms with Crippen molar-refractivity contribution in [3.05, 3.63) is 41.6 Å². The van der Waals surface area contributed by atoms with Crippen LogP contribution in [0.15, 0.2) is 30.3 Å². The number of rotatable bonds is 4. The fourth-order valence-corrected chi connectivity index (χ4v) is 3.35. The summed E-state index contributed by atoms with van der Waals surface area (Å²) in [5.41, 5.74) is 3.56. The van der Waals surface area contributed by atoms with Gasteiger partial charge in [-0.3, -0.25) is 10.00 Å². The second kappa shape index (κ2) is 7.50. The minimum atomic E-state index is -0.499. The number of nitrogens with zero attached hydrogens (tertiary/aromatic N) is 5. The van der Waals surface area contributed by atoms with Crippen LogP contribution >= 0.6 is 0 Å².